The van der Waals surface area contributed by atoms with Gasteiger partial charge in [0.25, 0.3) is 5.91 Å². The van der Waals surface area contributed by atoms with E-state index in [0.29, 0.717) is 23.6 Å². The van der Waals surface area contributed by atoms with E-state index in [9.17, 15) is 9.18 Å². The van der Waals surface area contributed by atoms with E-state index in [0.717, 1.165) is 11.3 Å². The zero-order valence-electron chi connectivity index (χ0n) is 14.8. The predicted octanol–water partition coefficient (Wildman–Crippen LogP) is 4.14. The minimum atomic E-state index is -0.676. The molecule has 1 heterocycles. The molecule has 142 valence electrons. The van der Waals surface area contributed by atoms with Gasteiger partial charge in [0, 0.05) is 42.3 Å². The molecule has 3 rings (SSSR count). The van der Waals surface area contributed by atoms with E-state index in [1.807, 2.05) is 18.2 Å². The van der Waals surface area contributed by atoms with Crippen LogP contribution in [-0.2, 0) is 11.3 Å². The molecule has 0 spiro atoms. The zero-order valence-corrected chi connectivity index (χ0v) is 14.8. The lowest BCUT2D eigenvalue weighted by molar-refractivity contribution is -0.124. The second-order valence-corrected chi connectivity index (χ2v) is 5.84. The van der Waals surface area contributed by atoms with E-state index < -0.39 is 11.7 Å². The number of hydrogen-bond donors (Lipinski definition) is 3. The fourth-order valence-corrected chi connectivity index (χ4v) is 2.45. The van der Waals surface area contributed by atoms with E-state index in [-0.39, 0.29) is 0 Å². The Bertz CT molecular complexity index is 978. The summed E-state index contributed by atoms with van der Waals surface area (Å²) >= 11 is 0. The number of aromatic nitrogens is 1. The predicted molar refractivity (Wildman–Crippen MR) is 103 cm³/mol. The molecule has 0 aliphatic rings. The topological polar surface area (TPSA) is 83.5 Å². The molecule has 3 aromatic rings. The molecule has 1 aromatic heterocycles. The molecule has 0 bridgehead atoms. The number of rotatable bonds is 7. The van der Waals surface area contributed by atoms with Crippen molar-refractivity contribution in [2.24, 2.45) is 0 Å². The van der Waals surface area contributed by atoms with Crippen LogP contribution in [0.3, 0.4) is 0 Å². The molecule has 0 unspecified atom stereocenters. The number of halogens is 1. The average molecular weight is 379 g/mol. The molecule has 2 aromatic carbocycles. The molecule has 3 N–H and O–H groups in total. The molecule has 6 nitrogen and oxygen atoms in total. The van der Waals surface area contributed by atoms with Crippen LogP contribution < -0.4 is 15.5 Å². The summed E-state index contributed by atoms with van der Waals surface area (Å²) in [7, 11) is 0. The second kappa shape index (κ2) is 9.29. The normalized spacial score (nSPS) is 10.6. The lowest BCUT2D eigenvalue weighted by Crippen LogP contribution is -2.14. The van der Waals surface area contributed by atoms with Crippen molar-refractivity contribution in [2.75, 3.05) is 5.32 Å². The summed E-state index contributed by atoms with van der Waals surface area (Å²) in [6, 6.07) is 14.9. The lowest BCUT2D eigenvalue weighted by Gasteiger charge is -2.12. The Morgan fingerprint density at radius 1 is 1.18 bits per heavy atom. The van der Waals surface area contributed by atoms with Crippen LogP contribution in [0.25, 0.3) is 6.08 Å². The lowest BCUT2D eigenvalue weighted by atomic mass is 10.1. The Kier molecular flexibility index (Phi) is 6.33. The van der Waals surface area contributed by atoms with Gasteiger partial charge < -0.3 is 10.1 Å². The van der Waals surface area contributed by atoms with Crippen molar-refractivity contribution in [3.05, 3.63) is 90.0 Å². The summed E-state index contributed by atoms with van der Waals surface area (Å²) < 4.78 is 19.2. The highest BCUT2D eigenvalue weighted by molar-refractivity contribution is 5.91. The summed E-state index contributed by atoms with van der Waals surface area (Å²) in [6.45, 7) is 0.568. The quantitative estimate of drug-likeness (QED) is 0.326. The van der Waals surface area contributed by atoms with Crippen LogP contribution in [0.1, 0.15) is 11.1 Å². The van der Waals surface area contributed by atoms with Crippen molar-refractivity contribution in [1.29, 1.82) is 0 Å². The summed E-state index contributed by atoms with van der Waals surface area (Å²) in [4.78, 5) is 15.4. The first-order valence-corrected chi connectivity index (χ1v) is 8.46. The number of hydrogen-bond acceptors (Lipinski definition) is 5. The number of anilines is 1. The van der Waals surface area contributed by atoms with E-state index >= 15 is 0 Å². The van der Waals surface area contributed by atoms with Gasteiger partial charge >= 0.3 is 0 Å². The number of benzene rings is 2. The van der Waals surface area contributed by atoms with Crippen LogP contribution in [0, 0.1) is 5.82 Å². The minimum absolute atomic E-state index is 0.331. The van der Waals surface area contributed by atoms with E-state index in [2.05, 4.69) is 10.3 Å². The van der Waals surface area contributed by atoms with Crippen LogP contribution in [0.2, 0.25) is 0 Å². The Balaban J connectivity index is 1.83. The van der Waals surface area contributed by atoms with Crippen molar-refractivity contribution in [2.45, 2.75) is 6.54 Å². The highest BCUT2D eigenvalue weighted by Crippen LogP contribution is 2.29. The largest absolute Gasteiger partial charge is 0.457 e. The third kappa shape index (κ3) is 5.39. The molecule has 0 saturated carbocycles. The highest BCUT2D eigenvalue weighted by Gasteiger charge is 2.07. The van der Waals surface area contributed by atoms with Crippen molar-refractivity contribution >= 4 is 17.7 Å². The molecule has 0 aliphatic carbocycles. The average Bonchev–Trinajstić information content (AvgIpc) is 2.72. The summed E-state index contributed by atoms with van der Waals surface area (Å²) in [5.74, 6) is -0.328. The number of ether oxygens (including phenoxy) is 1. The van der Waals surface area contributed by atoms with Gasteiger partial charge in [-0.3, -0.25) is 15.0 Å². The molecule has 7 heteroatoms. The molecular weight excluding hydrogens is 361 g/mol. The van der Waals surface area contributed by atoms with Gasteiger partial charge in [0.15, 0.2) is 0 Å². The van der Waals surface area contributed by atoms with Gasteiger partial charge in [-0.2, -0.15) is 0 Å². The molecular formula is C21H18FN3O3. The van der Waals surface area contributed by atoms with Crippen LogP contribution in [-0.4, -0.2) is 16.1 Å². The molecule has 0 fully saturated rings. The number of nitrogens with one attached hydrogen (secondary N) is 2. The van der Waals surface area contributed by atoms with Crippen LogP contribution in [0.5, 0.6) is 11.5 Å². The van der Waals surface area contributed by atoms with Gasteiger partial charge in [0.2, 0.25) is 0 Å². The number of carbonyl (C=O) groups excluding carboxylic acids is 1. The maximum atomic E-state index is 13.4. The van der Waals surface area contributed by atoms with Crippen molar-refractivity contribution in [3.63, 3.8) is 0 Å². The van der Waals surface area contributed by atoms with Gasteiger partial charge in [0.05, 0.1) is 0 Å². The molecule has 1 amide bonds. The van der Waals surface area contributed by atoms with Crippen LogP contribution in [0.4, 0.5) is 10.1 Å². The third-order valence-corrected chi connectivity index (χ3v) is 3.78. The summed E-state index contributed by atoms with van der Waals surface area (Å²) in [5, 5.41) is 11.9. The summed E-state index contributed by atoms with van der Waals surface area (Å²) in [6.07, 6.45) is 6.13. The van der Waals surface area contributed by atoms with E-state index in [1.165, 1.54) is 29.8 Å². The smallest absolute Gasteiger partial charge is 0.267 e. The Labute approximate surface area is 161 Å². The van der Waals surface area contributed by atoms with Gasteiger partial charge in [-0.05, 0) is 48.0 Å². The number of amides is 1. The molecule has 0 radical (unpaired) electrons. The van der Waals surface area contributed by atoms with E-state index in [1.54, 1.807) is 36.7 Å². The molecule has 28 heavy (non-hydrogen) atoms. The fourth-order valence-electron chi connectivity index (χ4n) is 2.45. The van der Waals surface area contributed by atoms with Crippen molar-refractivity contribution < 1.29 is 19.1 Å². The zero-order chi connectivity index (χ0) is 19.8. The van der Waals surface area contributed by atoms with Gasteiger partial charge in [-0.1, -0.05) is 12.1 Å². The monoisotopic (exact) mass is 379 g/mol. The Morgan fingerprint density at radius 2 is 2.07 bits per heavy atom. The van der Waals surface area contributed by atoms with E-state index in [4.69, 9.17) is 9.94 Å². The standard InChI is InChI=1S/C21H18FN3O3/c22-17-4-1-5-19(12-17)28-20-8-7-18(11-16(20)6-9-21(26)25-27)24-14-15-3-2-10-23-13-15/h1-13,24,27H,14H2,(H,25,26)/b9-6+. The van der Waals surface area contributed by atoms with Gasteiger partial charge in [0.1, 0.15) is 17.3 Å². The maximum absolute atomic E-state index is 13.4. The Hall–Kier alpha value is -3.71. The first-order chi connectivity index (χ1) is 13.6. The van der Waals surface area contributed by atoms with Crippen molar-refractivity contribution in [1.82, 2.24) is 10.5 Å². The van der Waals surface area contributed by atoms with Crippen LogP contribution >= 0.6 is 0 Å². The highest BCUT2D eigenvalue weighted by atomic mass is 19.1. The number of carbonyl (C=O) groups is 1. The molecule has 0 atom stereocenters. The maximum Gasteiger partial charge on any atom is 0.267 e. The summed E-state index contributed by atoms with van der Waals surface area (Å²) in [5.41, 5.74) is 3.91. The number of hydroxylamine groups is 1. The molecule has 0 aliphatic heterocycles. The Morgan fingerprint density at radius 3 is 2.82 bits per heavy atom. The number of nitrogens with zero attached hydrogens (tertiary/aromatic N) is 1. The first-order valence-electron chi connectivity index (χ1n) is 8.46. The third-order valence-electron chi connectivity index (χ3n) is 3.78. The van der Waals surface area contributed by atoms with Gasteiger partial charge in [-0.15, -0.1) is 0 Å². The number of pyridine rings is 1. The minimum Gasteiger partial charge on any atom is -0.457 e. The fraction of sp³-hybridized carbons (Fsp3) is 0.0476. The first kappa shape index (κ1) is 19.1. The van der Waals surface area contributed by atoms with Gasteiger partial charge in [-0.25, -0.2) is 9.87 Å². The second-order valence-electron chi connectivity index (χ2n) is 5.84. The van der Waals surface area contributed by atoms with Crippen LogP contribution in [0.15, 0.2) is 73.1 Å². The molecule has 0 saturated heterocycles. The van der Waals surface area contributed by atoms with Crippen molar-refractivity contribution in [3.8, 4) is 11.5 Å². The SMILES string of the molecule is O=C(/C=C/c1cc(NCc2cccnc2)ccc1Oc1cccc(F)c1)NO.